The van der Waals surface area contributed by atoms with Gasteiger partial charge in [-0.1, -0.05) is 28.1 Å². The summed E-state index contributed by atoms with van der Waals surface area (Å²) in [4.78, 5) is 2.54. The number of rotatable bonds is 2. The van der Waals surface area contributed by atoms with Gasteiger partial charge in [0.15, 0.2) is 0 Å². The van der Waals surface area contributed by atoms with E-state index in [-0.39, 0.29) is 6.04 Å². The highest BCUT2D eigenvalue weighted by Crippen LogP contribution is 2.33. The first-order valence-corrected chi connectivity index (χ1v) is 7.57. The zero-order valence-electron chi connectivity index (χ0n) is 11.5. The summed E-state index contributed by atoms with van der Waals surface area (Å²) in [6.45, 7) is 7.82. The first kappa shape index (κ1) is 14.0. The van der Waals surface area contributed by atoms with Crippen LogP contribution in [0.2, 0.25) is 0 Å². The average molecular weight is 311 g/mol. The molecule has 1 fully saturated rings. The van der Waals surface area contributed by atoms with E-state index in [0.29, 0.717) is 12.1 Å². The van der Waals surface area contributed by atoms with E-state index < -0.39 is 0 Å². The largest absolute Gasteiger partial charge is 0.326 e. The van der Waals surface area contributed by atoms with E-state index in [0.717, 1.165) is 13.0 Å². The number of halogens is 1. The first-order chi connectivity index (χ1) is 8.50. The molecule has 0 bridgehead atoms. The second-order valence-corrected chi connectivity index (χ2v) is 6.45. The van der Waals surface area contributed by atoms with Gasteiger partial charge in [0.05, 0.1) is 6.04 Å². The van der Waals surface area contributed by atoms with Gasteiger partial charge < -0.3 is 5.73 Å². The average Bonchev–Trinajstić information content (AvgIpc) is 2.32. The van der Waals surface area contributed by atoms with Crippen molar-refractivity contribution in [1.82, 2.24) is 4.90 Å². The molecule has 2 rings (SSSR count). The van der Waals surface area contributed by atoms with Crippen LogP contribution < -0.4 is 5.73 Å². The van der Waals surface area contributed by atoms with E-state index in [2.05, 4.69) is 59.8 Å². The lowest BCUT2D eigenvalue weighted by atomic mass is 9.89. The van der Waals surface area contributed by atoms with Gasteiger partial charge in [-0.2, -0.15) is 0 Å². The van der Waals surface area contributed by atoms with Crippen molar-refractivity contribution in [1.29, 1.82) is 0 Å². The van der Waals surface area contributed by atoms with E-state index in [1.807, 2.05) is 0 Å². The molecule has 0 aromatic heterocycles. The van der Waals surface area contributed by atoms with Gasteiger partial charge in [-0.3, -0.25) is 4.90 Å². The Bertz CT molecular complexity index is 417. The summed E-state index contributed by atoms with van der Waals surface area (Å²) < 4.78 is 1.17. The summed E-state index contributed by atoms with van der Waals surface area (Å²) in [6.07, 6.45) is 2.34. The molecule has 0 spiro atoms. The van der Waals surface area contributed by atoms with Crippen LogP contribution in [0.1, 0.15) is 43.9 Å². The van der Waals surface area contributed by atoms with Gasteiger partial charge in [-0.15, -0.1) is 0 Å². The van der Waals surface area contributed by atoms with Crippen LogP contribution in [0.25, 0.3) is 0 Å². The number of benzene rings is 1. The smallest absolute Gasteiger partial charge is 0.0501 e. The molecule has 1 saturated heterocycles. The van der Waals surface area contributed by atoms with Crippen molar-refractivity contribution in [2.24, 2.45) is 5.73 Å². The van der Waals surface area contributed by atoms with Crippen LogP contribution in [0.4, 0.5) is 0 Å². The normalized spacial score (nSPS) is 25.7. The van der Waals surface area contributed by atoms with Gasteiger partial charge in [0.25, 0.3) is 0 Å². The maximum absolute atomic E-state index is 6.37. The van der Waals surface area contributed by atoms with Crippen molar-refractivity contribution in [3.8, 4) is 0 Å². The van der Waals surface area contributed by atoms with Gasteiger partial charge in [0.1, 0.15) is 0 Å². The lowest BCUT2D eigenvalue weighted by Gasteiger charge is -2.42. The Morgan fingerprint density at radius 3 is 2.72 bits per heavy atom. The van der Waals surface area contributed by atoms with Crippen molar-refractivity contribution in [3.05, 3.63) is 33.8 Å². The number of hydrogen-bond acceptors (Lipinski definition) is 2. The summed E-state index contributed by atoms with van der Waals surface area (Å²) in [6, 6.07) is 7.79. The minimum atomic E-state index is 0.252. The lowest BCUT2D eigenvalue weighted by Crippen LogP contribution is -2.48. The highest BCUT2D eigenvalue weighted by Gasteiger charge is 2.31. The van der Waals surface area contributed by atoms with Gasteiger partial charge in [0.2, 0.25) is 0 Å². The van der Waals surface area contributed by atoms with Crippen LogP contribution in [0, 0.1) is 6.92 Å². The number of hydrogen-bond donors (Lipinski definition) is 1. The number of nitrogens with zero attached hydrogens (tertiary/aromatic N) is 1. The summed E-state index contributed by atoms with van der Waals surface area (Å²) in [7, 11) is 0. The Kier molecular flexibility index (Phi) is 4.46. The van der Waals surface area contributed by atoms with Crippen molar-refractivity contribution in [2.75, 3.05) is 6.54 Å². The molecule has 1 aromatic rings. The second-order valence-electron chi connectivity index (χ2n) is 5.59. The van der Waals surface area contributed by atoms with E-state index in [9.17, 15) is 0 Å². The van der Waals surface area contributed by atoms with Crippen LogP contribution >= 0.6 is 15.9 Å². The molecule has 1 aliphatic rings. The van der Waals surface area contributed by atoms with Crippen molar-refractivity contribution in [3.63, 3.8) is 0 Å². The Morgan fingerprint density at radius 2 is 2.11 bits per heavy atom. The Labute approximate surface area is 119 Å². The molecule has 18 heavy (non-hydrogen) atoms. The van der Waals surface area contributed by atoms with Crippen LogP contribution in [-0.4, -0.2) is 23.5 Å². The molecule has 0 saturated carbocycles. The van der Waals surface area contributed by atoms with E-state index >= 15 is 0 Å². The minimum absolute atomic E-state index is 0.252. The van der Waals surface area contributed by atoms with Gasteiger partial charge in [0, 0.05) is 16.6 Å². The number of piperidine rings is 1. The molecule has 0 aliphatic carbocycles. The quantitative estimate of drug-likeness (QED) is 0.904. The zero-order chi connectivity index (χ0) is 13.3. The van der Waals surface area contributed by atoms with Gasteiger partial charge in [-0.05, 0) is 57.4 Å². The Balaban J connectivity index is 2.34. The summed E-state index contributed by atoms with van der Waals surface area (Å²) in [5.41, 5.74) is 9.02. The molecular formula is C15H23BrN2. The van der Waals surface area contributed by atoms with Crippen LogP contribution in [-0.2, 0) is 0 Å². The highest BCUT2D eigenvalue weighted by molar-refractivity contribution is 9.10. The van der Waals surface area contributed by atoms with E-state index in [1.165, 1.54) is 22.0 Å². The third-order valence-corrected chi connectivity index (χ3v) is 4.79. The van der Waals surface area contributed by atoms with E-state index in [1.54, 1.807) is 0 Å². The van der Waals surface area contributed by atoms with E-state index in [4.69, 9.17) is 5.73 Å². The number of nitrogens with two attached hydrogens (primary N) is 1. The van der Waals surface area contributed by atoms with Crippen LogP contribution in [0.3, 0.4) is 0 Å². The second kappa shape index (κ2) is 5.72. The highest BCUT2D eigenvalue weighted by atomic mass is 79.9. The molecule has 3 heteroatoms. The lowest BCUT2D eigenvalue weighted by molar-refractivity contribution is 0.0947. The SMILES string of the molecule is Cc1cc(C2C(N)CCCN2C(C)C)ccc1Br. The predicted octanol–water partition coefficient (Wildman–Crippen LogP) is 3.63. The summed E-state index contributed by atoms with van der Waals surface area (Å²) in [5.74, 6) is 0. The van der Waals surface area contributed by atoms with Gasteiger partial charge in [-0.25, -0.2) is 0 Å². The topological polar surface area (TPSA) is 29.3 Å². The molecule has 0 radical (unpaired) electrons. The van der Waals surface area contributed by atoms with Crippen LogP contribution in [0.5, 0.6) is 0 Å². The molecule has 100 valence electrons. The number of aryl methyl sites for hydroxylation is 1. The molecule has 0 amide bonds. The summed E-state index contributed by atoms with van der Waals surface area (Å²) >= 11 is 3.57. The molecule has 2 N–H and O–H groups in total. The molecule has 2 nitrogen and oxygen atoms in total. The monoisotopic (exact) mass is 310 g/mol. The fourth-order valence-corrected chi connectivity index (χ4v) is 3.17. The third-order valence-electron chi connectivity index (χ3n) is 3.90. The first-order valence-electron chi connectivity index (χ1n) is 6.78. The standard InChI is InChI=1S/C15H23BrN2/c1-10(2)18-8-4-5-14(17)15(18)12-6-7-13(16)11(3)9-12/h6-7,9-10,14-15H,4-5,8,17H2,1-3H3. The number of likely N-dealkylation sites (tertiary alicyclic amines) is 1. The summed E-state index contributed by atoms with van der Waals surface area (Å²) in [5, 5.41) is 0. The maximum atomic E-state index is 6.37. The molecule has 2 atom stereocenters. The molecule has 1 aromatic carbocycles. The fourth-order valence-electron chi connectivity index (χ4n) is 2.92. The Morgan fingerprint density at radius 1 is 1.39 bits per heavy atom. The molecule has 2 unspecified atom stereocenters. The minimum Gasteiger partial charge on any atom is -0.326 e. The van der Waals surface area contributed by atoms with Crippen molar-refractivity contribution < 1.29 is 0 Å². The van der Waals surface area contributed by atoms with Crippen molar-refractivity contribution in [2.45, 2.75) is 51.7 Å². The predicted molar refractivity (Wildman–Crippen MR) is 80.7 cm³/mol. The zero-order valence-corrected chi connectivity index (χ0v) is 13.1. The van der Waals surface area contributed by atoms with Gasteiger partial charge >= 0.3 is 0 Å². The van der Waals surface area contributed by atoms with Crippen molar-refractivity contribution >= 4 is 15.9 Å². The Hall–Kier alpha value is -0.380. The van der Waals surface area contributed by atoms with Crippen LogP contribution in [0.15, 0.2) is 22.7 Å². The fraction of sp³-hybridized carbons (Fsp3) is 0.600. The molecular weight excluding hydrogens is 288 g/mol. The molecule has 1 aliphatic heterocycles. The third kappa shape index (κ3) is 2.79. The molecule has 1 heterocycles. The maximum Gasteiger partial charge on any atom is 0.0501 e.